The Morgan fingerprint density at radius 3 is 2.00 bits per heavy atom. The molecule has 1 amide bonds. The number of amides is 1. The molecule has 3 rings (SSSR count). The summed E-state index contributed by atoms with van der Waals surface area (Å²) in [6.07, 6.45) is 6.26. The first-order valence-corrected chi connectivity index (χ1v) is 13.6. The fraction of sp³-hybridized carbons (Fsp3) is 0.680. The fourth-order valence-electron chi connectivity index (χ4n) is 4.45. The maximum Gasteiger partial charge on any atom is 0.309 e. The number of sulfonamides is 1. The van der Waals surface area contributed by atoms with E-state index in [9.17, 15) is 18.0 Å². The average molecular weight is 479 g/mol. The molecule has 0 aliphatic carbocycles. The van der Waals surface area contributed by atoms with Gasteiger partial charge in [-0.3, -0.25) is 9.59 Å². The highest BCUT2D eigenvalue weighted by atomic mass is 32.2. The number of esters is 1. The number of hydrogen-bond acceptors (Lipinski definition) is 5. The molecular weight excluding hydrogens is 440 g/mol. The molecule has 0 radical (unpaired) electrons. The third-order valence-electron chi connectivity index (χ3n) is 6.69. The van der Waals surface area contributed by atoms with Crippen molar-refractivity contribution in [1.82, 2.24) is 9.21 Å². The summed E-state index contributed by atoms with van der Waals surface area (Å²) >= 11 is 0. The van der Waals surface area contributed by atoms with E-state index in [4.69, 9.17) is 4.74 Å². The van der Waals surface area contributed by atoms with E-state index in [1.807, 2.05) is 12.1 Å². The molecule has 0 atom stereocenters. The molecule has 2 aliphatic rings. The molecule has 1 aromatic carbocycles. The van der Waals surface area contributed by atoms with E-state index in [2.05, 4.69) is 20.8 Å². The Kier molecular flexibility index (Phi) is 8.56. The van der Waals surface area contributed by atoms with Crippen LogP contribution in [0.5, 0.6) is 0 Å². The third kappa shape index (κ3) is 6.79. The van der Waals surface area contributed by atoms with Gasteiger partial charge in [-0.15, -0.1) is 0 Å². The molecule has 2 heterocycles. The lowest BCUT2D eigenvalue weighted by molar-refractivity contribution is -0.156. The highest BCUT2D eigenvalue weighted by Gasteiger charge is 2.33. The summed E-state index contributed by atoms with van der Waals surface area (Å²) in [7, 11) is -3.60. The van der Waals surface area contributed by atoms with E-state index >= 15 is 0 Å². The zero-order valence-electron chi connectivity index (χ0n) is 20.2. The Labute approximate surface area is 198 Å². The first-order valence-electron chi connectivity index (χ1n) is 12.1. The number of likely N-dealkylation sites (tertiary alicyclic amines) is 1. The fourth-order valence-corrected chi connectivity index (χ4v) is 5.92. The van der Waals surface area contributed by atoms with Gasteiger partial charge in [0.15, 0.2) is 6.61 Å². The van der Waals surface area contributed by atoms with E-state index < -0.39 is 16.0 Å². The van der Waals surface area contributed by atoms with Crippen molar-refractivity contribution in [2.45, 2.75) is 76.0 Å². The van der Waals surface area contributed by atoms with Gasteiger partial charge in [-0.25, -0.2) is 8.42 Å². The van der Waals surface area contributed by atoms with Crippen LogP contribution in [0, 0.1) is 5.92 Å². The van der Waals surface area contributed by atoms with Crippen LogP contribution in [0.25, 0.3) is 0 Å². The second-order valence-corrected chi connectivity index (χ2v) is 12.1. The maximum atomic E-state index is 13.0. The zero-order chi connectivity index (χ0) is 24.1. The largest absolute Gasteiger partial charge is 0.455 e. The van der Waals surface area contributed by atoms with Crippen LogP contribution >= 0.6 is 0 Å². The van der Waals surface area contributed by atoms with Gasteiger partial charge in [0.2, 0.25) is 10.0 Å². The molecule has 184 valence electrons. The van der Waals surface area contributed by atoms with Crippen LogP contribution in [0.1, 0.15) is 71.3 Å². The Morgan fingerprint density at radius 2 is 1.45 bits per heavy atom. The minimum absolute atomic E-state index is 0.0467. The number of hydrogen-bond donors (Lipinski definition) is 0. The Morgan fingerprint density at radius 1 is 0.909 bits per heavy atom. The van der Waals surface area contributed by atoms with E-state index in [0.29, 0.717) is 12.8 Å². The van der Waals surface area contributed by atoms with Crippen LogP contribution < -0.4 is 0 Å². The van der Waals surface area contributed by atoms with Gasteiger partial charge in [0, 0.05) is 26.2 Å². The number of benzene rings is 1. The topological polar surface area (TPSA) is 84.0 Å². The number of carbonyl (C=O) groups is 2. The zero-order valence-corrected chi connectivity index (χ0v) is 21.0. The van der Waals surface area contributed by atoms with Crippen LogP contribution in [-0.2, 0) is 29.8 Å². The van der Waals surface area contributed by atoms with Crippen LogP contribution in [0.2, 0.25) is 0 Å². The average Bonchev–Trinajstić information content (AvgIpc) is 2.76. The molecule has 0 N–H and O–H groups in total. The first kappa shape index (κ1) is 25.7. The molecule has 2 saturated heterocycles. The highest BCUT2D eigenvalue weighted by Crippen LogP contribution is 2.27. The second-order valence-electron chi connectivity index (χ2n) is 10.2. The summed E-state index contributed by atoms with van der Waals surface area (Å²) < 4.78 is 32.8. The van der Waals surface area contributed by atoms with Gasteiger partial charge in [-0.05, 0) is 48.8 Å². The van der Waals surface area contributed by atoms with Gasteiger partial charge in [-0.1, -0.05) is 52.2 Å². The van der Waals surface area contributed by atoms with Gasteiger partial charge in [0.1, 0.15) is 0 Å². The van der Waals surface area contributed by atoms with Crippen LogP contribution in [-0.4, -0.2) is 62.3 Å². The molecule has 33 heavy (non-hydrogen) atoms. The third-order valence-corrected chi connectivity index (χ3v) is 8.60. The smallest absolute Gasteiger partial charge is 0.309 e. The Hall–Kier alpha value is -1.93. The summed E-state index contributed by atoms with van der Waals surface area (Å²) in [5, 5.41) is 0. The SMILES string of the molecule is CC(C)(C)c1ccc(S(=O)(=O)N2CCC(C(=O)OCC(=O)N3CCCCCCC3)CC2)cc1. The van der Waals surface area contributed by atoms with Crippen molar-refractivity contribution < 1.29 is 22.7 Å². The number of nitrogens with zero attached hydrogens (tertiary/aromatic N) is 2. The van der Waals surface area contributed by atoms with Gasteiger partial charge in [0.25, 0.3) is 5.91 Å². The molecule has 2 fully saturated rings. The summed E-state index contributed by atoms with van der Waals surface area (Å²) in [5.41, 5.74) is 1.03. The number of ether oxygens (including phenoxy) is 1. The van der Waals surface area contributed by atoms with Gasteiger partial charge >= 0.3 is 5.97 Å². The minimum Gasteiger partial charge on any atom is -0.455 e. The predicted octanol–water partition coefficient (Wildman–Crippen LogP) is 3.72. The van der Waals surface area contributed by atoms with Crippen molar-refractivity contribution in [2.24, 2.45) is 5.92 Å². The standard InChI is InChI=1S/C25H38N2O5S/c1-25(2,3)21-9-11-22(12-10-21)33(30,31)27-17-13-20(14-18-27)24(29)32-19-23(28)26-15-7-5-4-6-8-16-26/h9-12,20H,4-8,13-19H2,1-3H3. The van der Waals surface area contributed by atoms with Crippen molar-refractivity contribution in [1.29, 1.82) is 0 Å². The van der Waals surface area contributed by atoms with Crippen molar-refractivity contribution >= 4 is 21.9 Å². The first-order chi connectivity index (χ1) is 15.6. The normalized spacial score (nSPS) is 19.5. The van der Waals surface area contributed by atoms with E-state index in [-0.39, 0.29) is 41.8 Å². The lowest BCUT2D eigenvalue weighted by Gasteiger charge is -2.30. The van der Waals surface area contributed by atoms with Gasteiger partial charge < -0.3 is 9.64 Å². The monoisotopic (exact) mass is 478 g/mol. The summed E-state index contributed by atoms with van der Waals surface area (Å²) in [4.78, 5) is 27.0. The molecular formula is C25H38N2O5S. The minimum atomic E-state index is -3.60. The van der Waals surface area contributed by atoms with Gasteiger partial charge in [-0.2, -0.15) is 4.31 Å². The Bertz CT molecular complexity index is 905. The predicted molar refractivity (Wildman–Crippen MR) is 127 cm³/mol. The molecule has 2 aliphatic heterocycles. The van der Waals surface area contributed by atoms with Crippen LogP contribution in [0.3, 0.4) is 0 Å². The summed E-state index contributed by atoms with van der Waals surface area (Å²) in [6, 6.07) is 7.04. The van der Waals surface area contributed by atoms with Crippen molar-refractivity contribution in [3.63, 3.8) is 0 Å². The molecule has 0 spiro atoms. The van der Waals surface area contributed by atoms with Crippen LogP contribution in [0.4, 0.5) is 0 Å². The lowest BCUT2D eigenvalue weighted by atomic mass is 9.87. The van der Waals surface area contributed by atoms with Crippen molar-refractivity contribution in [3.8, 4) is 0 Å². The lowest BCUT2D eigenvalue weighted by Crippen LogP contribution is -2.41. The molecule has 0 aromatic heterocycles. The second kappa shape index (κ2) is 11.0. The van der Waals surface area contributed by atoms with Crippen molar-refractivity contribution in [3.05, 3.63) is 29.8 Å². The molecule has 0 bridgehead atoms. The molecule has 8 heteroatoms. The van der Waals surface area contributed by atoms with Gasteiger partial charge in [0.05, 0.1) is 10.8 Å². The molecule has 0 saturated carbocycles. The molecule has 1 aromatic rings. The number of rotatable bonds is 5. The number of piperidine rings is 1. The summed E-state index contributed by atoms with van der Waals surface area (Å²) in [6.45, 7) is 8.02. The highest BCUT2D eigenvalue weighted by molar-refractivity contribution is 7.89. The molecule has 0 unspecified atom stereocenters. The maximum absolute atomic E-state index is 13.0. The summed E-state index contributed by atoms with van der Waals surface area (Å²) in [5.74, 6) is -0.911. The van der Waals surface area contributed by atoms with Crippen LogP contribution in [0.15, 0.2) is 29.2 Å². The van der Waals surface area contributed by atoms with E-state index in [0.717, 1.165) is 44.3 Å². The van der Waals surface area contributed by atoms with E-state index in [1.54, 1.807) is 17.0 Å². The quantitative estimate of drug-likeness (QED) is 0.602. The van der Waals surface area contributed by atoms with Crippen molar-refractivity contribution in [2.75, 3.05) is 32.8 Å². The Balaban J connectivity index is 1.49. The van der Waals surface area contributed by atoms with E-state index in [1.165, 1.54) is 10.7 Å². The number of carbonyl (C=O) groups excluding carboxylic acids is 2. The molecule has 7 nitrogen and oxygen atoms in total.